The summed E-state index contributed by atoms with van der Waals surface area (Å²) in [6.45, 7) is 2.45. The van der Waals surface area contributed by atoms with Crippen molar-refractivity contribution in [1.82, 2.24) is 29.7 Å². The molecule has 8 rings (SSSR count). The summed E-state index contributed by atoms with van der Waals surface area (Å²) in [6.07, 6.45) is 14.6. The van der Waals surface area contributed by atoms with Gasteiger partial charge in [-0.15, -0.1) is 0 Å². The highest BCUT2D eigenvalue weighted by molar-refractivity contribution is 9.10. The van der Waals surface area contributed by atoms with Crippen molar-refractivity contribution in [3.63, 3.8) is 0 Å². The molecule has 4 aliphatic rings. The van der Waals surface area contributed by atoms with Crippen molar-refractivity contribution < 1.29 is 9.59 Å². The van der Waals surface area contributed by atoms with Crippen molar-refractivity contribution in [3.05, 3.63) is 116 Å². The fourth-order valence-corrected chi connectivity index (χ4v) is 10.0. The molecule has 3 unspecified atom stereocenters. The third-order valence-corrected chi connectivity index (χ3v) is 12.9. The molecule has 5 atom stereocenters. The third-order valence-electron chi connectivity index (χ3n) is 12.2. The Labute approximate surface area is 320 Å². The van der Waals surface area contributed by atoms with Crippen LogP contribution in [-0.2, 0) is 42.4 Å². The minimum atomic E-state index is -0.331. The fraction of sp³-hybridized carbons (Fsp3) is 0.476. The lowest BCUT2D eigenvalue weighted by atomic mass is 9.93. The van der Waals surface area contributed by atoms with Gasteiger partial charge in [-0.1, -0.05) is 67.3 Å². The lowest BCUT2D eigenvalue weighted by Crippen LogP contribution is -2.45. The van der Waals surface area contributed by atoms with Gasteiger partial charge in [-0.25, -0.2) is 4.98 Å². The number of rotatable bonds is 9. The van der Waals surface area contributed by atoms with Crippen molar-refractivity contribution in [2.75, 3.05) is 19.6 Å². The highest BCUT2D eigenvalue weighted by Gasteiger charge is 2.61. The number of imidazole rings is 1. The van der Waals surface area contributed by atoms with Crippen molar-refractivity contribution in [2.45, 2.75) is 76.4 Å². The number of aromatic nitrogens is 3. The second kappa shape index (κ2) is 15.4. The Morgan fingerprint density at radius 1 is 1.00 bits per heavy atom. The lowest BCUT2D eigenvalue weighted by molar-refractivity contribution is -0.138. The van der Waals surface area contributed by atoms with E-state index in [4.69, 9.17) is 16.6 Å². The van der Waals surface area contributed by atoms with Crippen molar-refractivity contribution in [1.29, 1.82) is 0 Å². The highest BCUT2D eigenvalue weighted by Crippen LogP contribution is 2.56. The molecular weight excluding hydrogens is 736 g/mol. The topological polar surface area (TPSA) is 83.4 Å². The number of hydrogen-bond acceptors (Lipinski definition) is 5. The van der Waals surface area contributed by atoms with Crippen LogP contribution in [0.3, 0.4) is 0 Å². The summed E-state index contributed by atoms with van der Waals surface area (Å²) in [5.41, 5.74) is 6.90. The minimum Gasteiger partial charge on any atom is -0.353 e. The van der Waals surface area contributed by atoms with E-state index in [2.05, 4.69) is 61.5 Å². The molecule has 1 saturated heterocycles. The molecule has 3 heterocycles. The summed E-state index contributed by atoms with van der Waals surface area (Å²) >= 11 is 10.3. The molecule has 2 aromatic carbocycles. The molecule has 2 amide bonds. The Bertz CT molecular complexity index is 1860. The number of carbonyl (C=O) groups is 2. The average Bonchev–Trinajstić information content (AvgIpc) is 3.81. The molecule has 3 aliphatic carbocycles. The molecule has 0 radical (unpaired) electrons. The molecule has 8 nitrogen and oxygen atoms in total. The molecule has 52 heavy (non-hydrogen) atoms. The van der Waals surface area contributed by atoms with Gasteiger partial charge in [-0.3, -0.25) is 19.5 Å². The van der Waals surface area contributed by atoms with Gasteiger partial charge in [-0.05, 0) is 107 Å². The first kappa shape index (κ1) is 35.5. The van der Waals surface area contributed by atoms with Crippen molar-refractivity contribution >= 4 is 39.3 Å². The van der Waals surface area contributed by atoms with Crippen LogP contribution in [0.4, 0.5) is 0 Å². The third kappa shape index (κ3) is 7.46. The van der Waals surface area contributed by atoms with Crippen LogP contribution < -0.4 is 5.32 Å². The summed E-state index contributed by atoms with van der Waals surface area (Å²) in [6, 6.07) is 18.9. The van der Waals surface area contributed by atoms with Gasteiger partial charge in [-0.2, -0.15) is 0 Å². The van der Waals surface area contributed by atoms with E-state index in [1.807, 2.05) is 59.5 Å². The van der Waals surface area contributed by atoms with Crippen LogP contribution in [0.5, 0.6) is 0 Å². The Balaban J connectivity index is 1.15. The molecule has 10 heteroatoms. The number of nitrogens with one attached hydrogen (secondary N) is 1. The van der Waals surface area contributed by atoms with Crippen LogP contribution in [0.1, 0.15) is 78.2 Å². The molecule has 1 aliphatic heterocycles. The summed E-state index contributed by atoms with van der Waals surface area (Å²) in [4.78, 5) is 43.3. The lowest BCUT2D eigenvalue weighted by Gasteiger charge is -2.36. The Hall–Kier alpha value is -3.53. The van der Waals surface area contributed by atoms with Crippen molar-refractivity contribution in [3.8, 4) is 0 Å². The SMILES string of the molecule is Cn1cncc1CCN(Cc1ccccc1)C(=O)[C@H]1CN(C2c3ccc(Cl)cc3CCc3cc(Br)cnc32)CCC2C1[C@H]2C(=O)NC1CCCCC1. The molecule has 272 valence electrons. The van der Waals surface area contributed by atoms with E-state index in [0.717, 1.165) is 65.1 Å². The number of amides is 2. The van der Waals surface area contributed by atoms with Gasteiger partial charge in [0, 0.05) is 72.6 Å². The normalized spacial score (nSPS) is 24.5. The van der Waals surface area contributed by atoms with Crippen LogP contribution in [0, 0.1) is 23.7 Å². The van der Waals surface area contributed by atoms with E-state index in [1.54, 1.807) is 0 Å². The smallest absolute Gasteiger partial charge is 0.227 e. The van der Waals surface area contributed by atoms with E-state index in [-0.39, 0.29) is 47.6 Å². The second-order valence-corrected chi connectivity index (χ2v) is 16.8. The number of benzene rings is 2. The van der Waals surface area contributed by atoms with Crippen LogP contribution in [0.2, 0.25) is 5.02 Å². The first-order valence-electron chi connectivity index (χ1n) is 19.1. The Kier molecular flexibility index (Phi) is 10.5. The van der Waals surface area contributed by atoms with Gasteiger partial charge >= 0.3 is 0 Å². The first-order chi connectivity index (χ1) is 25.3. The van der Waals surface area contributed by atoms with Gasteiger partial charge in [0.05, 0.1) is 24.0 Å². The zero-order valence-electron chi connectivity index (χ0n) is 29.9. The minimum absolute atomic E-state index is 0.00359. The molecule has 3 fully saturated rings. The second-order valence-electron chi connectivity index (χ2n) is 15.4. The standard InChI is InChI=1S/C42H48BrClN6O2/c1-48-26-45-23-33(48)16-18-50(24-27-8-4-2-5-9-27)42(52)36-25-49(19-17-35-37(36)38(35)41(51)47-32-10-6-3-7-11-32)40-34-15-14-31(44)21-28(34)12-13-29-20-30(43)22-46-39(29)40/h2,4-5,8-9,14-15,20-23,26,32,35-38,40H,3,6-7,10-13,16-19,24-25H2,1H3,(H,47,51)/t35?,36-,37?,38-,40?/m0/s1. The largest absolute Gasteiger partial charge is 0.353 e. The van der Waals surface area contributed by atoms with E-state index >= 15 is 4.79 Å². The first-order valence-corrected chi connectivity index (χ1v) is 20.3. The van der Waals surface area contributed by atoms with Crippen LogP contribution in [-0.4, -0.2) is 61.8 Å². The number of carbonyl (C=O) groups excluding carboxylic acids is 2. The molecule has 2 aromatic heterocycles. The average molecular weight is 784 g/mol. The zero-order chi connectivity index (χ0) is 35.8. The maximum atomic E-state index is 15.3. The Morgan fingerprint density at radius 2 is 1.81 bits per heavy atom. The van der Waals surface area contributed by atoms with E-state index in [9.17, 15) is 4.79 Å². The summed E-state index contributed by atoms with van der Waals surface area (Å²) in [5.74, 6) is 0.00620. The van der Waals surface area contributed by atoms with Crippen molar-refractivity contribution in [2.24, 2.45) is 30.7 Å². The van der Waals surface area contributed by atoms with E-state index in [1.165, 1.54) is 36.0 Å². The zero-order valence-corrected chi connectivity index (χ0v) is 32.2. The molecule has 4 aromatic rings. The number of likely N-dealkylation sites (tertiary alicyclic amines) is 1. The maximum absolute atomic E-state index is 15.3. The van der Waals surface area contributed by atoms with Gasteiger partial charge in [0.2, 0.25) is 11.8 Å². The van der Waals surface area contributed by atoms with Gasteiger partial charge in [0.1, 0.15) is 0 Å². The van der Waals surface area contributed by atoms with E-state index < -0.39 is 0 Å². The number of hydrogen-bond donors (Lipinski definition) is 1. The highest BCUT2D eigenvalue weighted by atomic mass is 79.9. The van der Waals surface area contributed by atoms with Gasteiger partial charge < -0.3 is 14.8 Å². The van der Waals surface area contributed by atoms with Gasteiger partial charge in [0.15, 0.2) is 0 Å². The number of nitrogens with zero attached hydrogens (tertiary/aromatic N) is 5. The molecular formula is C42H48BrClN6O2. The predicted octanol–water partition coefficient (Wildman–Crippen LogP) is 7.32. The number of aryl methyl sites for hydroxylation is 3. The number of fused-ring (bicyclic) bond motifs is 3. The van der Waals surface area contributed by atoms with Gasteiger partial charge in [0.25, 0.3) is 0 Å². The Morgan fingerprint density at radius 3 is 2.60 bits per heavy atom. The quantitative estimate of drug-likeness (QED) is 0.193. The molecule has 1 N–H and O–H groups in total. The summed E-state index contributed by atoms with van der Waals surface area (Å²) in [5, 5.41) is 4.18. The number of pyridine rings is 1. The molecule has 0 bridgehead atoms. The predicted molar refractivity (Wildman–Crippen MR) is 207 cm³/mol. The molecule has 0 spiro atoms. The summed E-state index contributed by atoms with van der Waals surface area (Å²) < 4.78 is 3.00. The summed E-state index contributed by atoms with van der Waals surface area (Å²) in [7, 11) is 2.00. The fourth-order valence-electron chi connectivity index (χ4n) is 9.46. The van der Waals surface area contributed by atoms with Crippen LogP contribution in [0.15, 0.2) is 77.8 Å². The monoisotopic (exact) mass is 782 g/mol. The molecule has 2 saturated carbocycles. The van der Waals surface area contributed by atoms with E-state index in [0.29, 0.717) is 26.1 Å². The van der Waals surface area contributed by atoms with Crippen LogP contribution in [0.25, 0.3) is 0 Å². The number of halogens is 2. The van der Waals surface area contributed by atoms with Crippen LogP contribution >= 0.6 is 27.5 Å². The maximum Gasteiger partial charge on any atom is 0.227 e.